The van der Waals surface area contributed by atoms with E-state index in [0.717, 1.165) is 56.2 Å². The van der Waals surface area contributed by atoms with Gasteiger partial charge in [-0.3, -0.25) is 10.2 Å². The molecule has 1 aliphatic carbocycles. The molecular weight excluding hydrogens is 408 g/mol. The Balaban J connectivity index is 1.55. The predicted molar refractivity (Wildman–Crippen MR) is 123 cm³/mol. The average Bonchev–Trinajstić information content (AvgIpc) is 3.11. The topological polar surface area (TPSA) is 35.6 Å². The Bertz CT molecular complexity index is 818. The van der Waals surface area contributed by atoms with Crippen LogP contribution in [-0.2, 0) is 10.7 Å². The lowest BCUT2D eigenvalue weighted by molar-refractivity contribution is -0.122. The van der Waals surface area contributed by atoms with Crippen molar-refractivity contribution < 1.29 is 13.6 Å². The van der Waals surface area contributed by atoms with Gasteiger partial charge in [0.05, 0.1) is 6.04 Å². The zero-order chi connectivity index (χ0) is 22.7. The molecule has 1 aromatic carbocycles. The van der Waals surface area contributed by atoms with Crippen molar-refractivity contribution in [2.24, 2.45) is 5.92 Å². The van der Waals surface area contributed by atoms with Crippen LogP contribution in [0.15, 0.2) is 35.5 Å². The molecule has 32 heavy (non-hydrogen) atoms. The van der Waals surface area contributed by atoms with Crippen LogP contribution in [0, 0.1) is 5.92 Å². The van der Waals surface area contributed by atoms with Crippen LogP contribution in [0.5, 0.6) is 0 Å². The molecule has 1 atom stereocenters. The van der Waals surface area contributed by atoms with Crippen molar-refractivity contribution in [2.45, 2.75) is 83.6 Å². The number of alkyl halides is 2. The van der Waals surface area contributed by atoms with Crippen LogP contribution in [0.25, 0.3) is 0 Å². The minimum atomic E-state index is -2.84. The Kier molecular flexibility index (Phi) is 7.18. The normalized spacial score (nSPS) is 23.6. The fourth-order valence-electron chi connectivity index (χ4n) is 5.54. The van der Waals surface area contributed by atoms with E-state index < -0.39 is 5.92 Å². The van der Waals surface area contributed by atoms with E-state index in [1.807, 2.05) is 17.1 Å². The average molecular weight is 446 g/mol. The van der Waals surface area contributed by atoms with Crippen molar-refractivity contribution in [3.05, 3.63) is 46.7 Å². The number of allylic oxidation sites excluding steroid dienone is 1. The molecule has 0 spiro atoms. The third-order valence-corrected chi connectivity index (χ3v) is 7.51. The van der Waals surface area contributed by atoms with Crippen molar-refractivity contribution in [3.8, 4) is 0 Å². The maximum absolute atomic E-state index is 13.7. The molecule has 3 aliphatic rings. The van der Waals surface area contributed by atoms with E-state index in [1.54, 1.807) is 0 Å². The second-order valence-electron chi connectivity index (χ2n) is 9.94. The Labute approximate surface area is 191 Å². The fraction of sp³-hybridized carbons (Fsp3) is 0.654. The number of nitrogens with zero attached hydrogens (tertiary/aromatic N) is 2. The van der Waals surface area contributed by atoms with Gasteiger partial charge in [0.15, 0.2) is 0 Å². The molecule has 2 heterocycles. The summed E-state index contributed by atoms with van der Waals surface area (Å²) < 4.78 is 27.5. The van der Waals surface area contributed by atoms with Gasteiger partial charge < -0.3 is 4.90 Å². The van der Waals surface area contributed by atoms with Crippen LogP contribution in [-0.4, -0.2) is 35.5 Å². The van der Waals surface area contributed by atoms with Gasteiger partial charge in [0, 0.05) is 49.8 Å². The minimum absolute atomic E-state index is 0.00254. The molecule has 1 saturated carbocycles. The van der Waals surface area contributed by atoms with Crippen LogP contribution in [0.3, 0.4) is 0 Å². The van der Waals surface area contributed by atoms with Crippen LogP contribution >= 0.6 is 0 Å². The summed E-state index contributed by atoms with van der Waals surface area (Å²) in [4.78, 5) is 15.6. The number of rotatable bonds is 6. The summed E-state index contributed by atoms with van der Waals surface area (Å²) in [6, 6.07) is 6.75. The van der Waals surface area contributed by atoms with E-state index in [2.05, 4.69) is 17.2 Å². The summed E-state index contributed by atoms with van der Waals surface area (Å²) in [6.07, 6.45) is 10.4. The monoisotopic (exact) mass is 445 g/mol. The van der Waals surface area contributed by atoms with Gasteiger partial charge in [0.25, 0.3) is 11.8 Å². The quantitative estimate of drug-likeness (QED) is 0.591. The minimum Gasteiger partial charge on any atom is -0.367 e. The van der Waals surface area contributed by atoms with E-state index in [4.69, 9.17) is 0 Å². The molecule has 2 aliphatic heterocycles. The van der Waals surface area contributed by atoms with Crippen LogP contribution in [0.2, 0.25) is 0 Å². The number of nitrogens with one attached hydrogen (secondary N) is 1. The van der Waals surface area contributed by atoms with Gasteiger partial charge in [-0.05, 0) is 44.1 Å². The number of carbonyl (C=O) groups is 1. The summed E-state index contributed by atoms with van der Waals surface area (Å²) in [5, 5.41) is 2.04. The van der Waals surface area contributed by atoms with Gasteiger partial charge in [-0.25, -0.2) is 13.8 Å². The molecule has 2 fully saturated rings. The lowest BCUT2D eigenvalue weighted by Gasteiger charge is -2.34. The Hall–Kier alpha value is -1.95. The number of benzene rings is 1. The first-order valence-corrected chi connectivity index (χ1v) is 12.3. The van der Waals surface area contributed by atoms with E-state index in [-0.39, 0.29) is 17.5 Å². The van der Waals surface area contributed by atoms with Crippen molar-refractivity contribution >= 4 is 5.91 Å². The maximum Gasteiger partial charge on any atom is 0.270 e. The van der Waals surface area contributed by atoms with Gasteiger partial charge in [-0.2, -0.15) is 0 Å². The van der Waals surface area contributed by atoms with Crippen molar-refractivity contribution in [3.63, 3.8) is 0 Å². The molecule has 1 amide bonds. The number of amides is 1. The molecule has 6 heteroatoms. The molecule has 0 bridgehead atoms. The van der Waals surface area contributed by atoms with Crippen molar-refractivity contribution in [2.75, 3.05) is 19.6 Å². The Morgan fingerprint density at radius 2 is 1.66 bits per heavy atom. The molecule has 4 nitrogen and oxygen atoms in total. The number of hydrazine groups is 1. The van der Waals surface area contributed by atoms with E-state index in [0.29, 0.717) is 12.3 Å². The second kappa shape index (κ2) is 9.90. The van der Waals surface area contributed by atoms with Crippen LogP contribution in [0.4, 0.5) is 8.78 Å². The number of halogens is 2. The first-order chi connectivity index (χ1) is 15.3. The highest BCUT2D eigenvalue weighted by atomic mass is 19.3. The third-order valence-electron chi connectivity index (χ3n) is 7.51. The second-order valence-corrected chi connectivity index (χ2v) is 9.94. The molecular formula is C26H37F2N3O. The summed E-state index contributed by atoms with van der Waals surface area (Å²) in [7, 11) is 0. The number of carbonyl (C=O) groups excluding carboxylic acids is 1. The van der Waals surface area contributed by atoms with E-state index in [9.17, 15) is 13.6 Å². The number of piperidine rings is 1. The van der Waals surface area contributed by atoms with Gasteiger partial charge in [0.2, 0.25) is 0 Å². The molecule has 0 aromatic heterocycles. The smallest absolute Gasteiger partial charge is 0.270 e. The van der Waals surface area contributed by atoms with Gasteiger partial charge in [0.1, 0.15) is 0 Å². The first-order valence-electron chi connectivity index (χ1n) is 12.3. The highest BCUT2D eigenvalue weighted by Crippen LogP contribution is 2.41. The molecule has 1 aromatic rings. The number of hydrogen-bond acceptors (Lipinski definition) is 3. The lowest BCUT2D eigenvalue weighted by atomic mass is 9.88. The lowest BCUT2D eigenvalue weighted by Crippen LogP contribution is -2.45. The fourth-order valence-corrected chi connectivity index (χ4v) is 5.54. The zero-order valence-corrected chi connectivity index (χ0v) is 19.5. The molecule has 0 radical (unpaired) electrons. The molecule has 176 valence electrons. The summed E-state index contributed by atoms with van der Waals surface area (Å²) >= 11 is 0. The summed E-state index contributed by atoms with van der Waals surface area (Å²) in [6.45, 7) is 5.73. The highest BCUT2D eigenvalue weighted by molar-refractivity contribution is 5.94. The standard InChI is InChI=1S/C26H37F2N3O/c1-19-23(25(32)29-30-15-7-4-8-16-30)17-24(31(19)18-20-9-5-3-6-10-20)21-11-13-22(14-12-21)26(2,27)28/h11-14,20,24H,3-10,15-18H2,1-2H3,(H,29,32). The maximum atomic E-state index is 13.7. The molecule has 1 unspecified atom stereocenters. The first kappa shape index (κ1) is 23.2. The van der Waals surface area contributed by atoms with E-state index >= 15 is 0 Å². The van der Waals surface area contributed by atoms with Crippen LogP contribution < -0.4 is 5.43 Å². The van der Waals surface area contributed by atoms with Crippen LogP contribution in [0.1, 0.15) is 88.8 Å². The highest BCUT2D eigenvalue weighted by Gasteiger charge is 2.36. The van der Waals surface area contributed by atoms with E-state index in [1.165, 1.54) is 50.7 Å². The van der Waals surface area contributed by atoms with Crippen molar-refractivity contribution in [1.29, 1.82) is 0 Å². The summed E-state index contributed by atoms with van der Waals surface area (Å²) in [5.41, 5.74) is 6.04. The third kappa shape index (κ3) is 5.33. The summed E-state index contributed by atoms with van der Waals surface area (Å²) in [5.74, 6) is -2.22. The molecule has 4 rings (SSSR count). The molecule has 1 N–H and O–H groups in total. The van der Waals surface area contributed by atoms with Gasteiger partial charge in [-0.1, -0.05) is 49.9 Å². The van der Waals surface area contributed by atoms with Gasteiger partial charge in [-0.15, -0.1) is 0 Å². The number of hydrogen-bond donors (Lipinski definition) is 1. The largest absolute Gasteiger partial charge is 0.367 e. The Morgan fingerprint density at radius 1 is 1.03 bits per heavy atom. The van der Waals surface area contributed by atoms with Gasteiger partial charge >= 0.3 is 0 Å². The Morgan fingerprint density at radius 3 is 2.28 bits per heavy atom. The zero-order valence-electron chi connectivity index (χ0n) is 19.5. The van der Waals surface area contributed by atoms with Crippen molar-refractivity contribution in [1.82, 2.24) is 15.3 Å². The SMILES string of the molecule is CC1=C(C(=O)NN2CCCCC2)CC(c2ccc(C(C)(F)F)cc2)N1CC1CCCCC1. The predicted octanol–water partition coefficient (Wildman–Crippen LogP) is 5.92. The molecule has 1 saturated heterocycles.